The lowest BCUT2D eigenvalue weighted by Gasteiger charge is -2.36. The lowest BCUT2D eigenvalue weighted by Crippen LogP contribution is -2.35. The molecule has 1 aliphatic rings. The van der Waals surface area contributed by atoms with Crippen LogP contribution in [0.15, 0.2) is 36.5 Å². The van der Waals surface area contributed by atoms with E-state index in [1.807, 2.05) is 45.0 Å². The minimum absolute atomic E-state index is 0.135. The molecule has 6 nitrogen and oxygen atoms in total. The molecule has 0 spiro atoms. The number of aromatic nitrogens is 1. The van der Waals surface area contributed by atoms with Gasteiger partial charge in [0, 0.05) is 42.5 Å². The zero-order valence-corrected chi connectivity index (χ0v) is 19.9. The number of esters is 1. The van der Waals surface area contributed by atoms with Gasteiger partial charge in [-0.3, -0.25) is 14.3 Å². The molecule has 1 aromatic heterocycles. The van der Waals surface area contributed by atoms with Gasteiger partial charge in [0.25, 0.3) is 0 Å². The SMILES string of the molecule is CCOC(=O)C(C)(C)CCCCC(c1ccccc1Cl)N1CCc2c(ccn2C(=O)O)C1. The summed E-state index contributed by atoms with van der Waals surface area (Å²) in [4.78, 5) is 26.0. The minimum atomic E-state index is -0.938. The summed E-state index contributed by atoms with van der Waals surface area (Å²) in [6.45, 7) is 7.58. The summed E-state index contributed by atoms with van der Waals surface area (Å²) in [6.07, 6.45) is 4.94. The van der Waals surface area contributed by atoms with Crippen molar-refractivity contribution in [3.63, 3.8) is 0 Å². The number of halogens is 1. The maximum atomic E-state index is 12.2. The zero-order valence-electron chi connectivity index (χ0n) is 19.1. The Morgan fingerprint density at radius 1 is 1.22 bits per heavy atom. The standard InChI is InChI=1S/C25H33ClN2O4/c1-4-32-23(29)25(2,3)14-8-7-11-22(19-9-5-6-10-20(19)26)27-15-13-21-18(17-27)12-16-28(21)24(30)31/h5-6,9-10,12,16,22H,4,7-8,11,13-15,17H2,1-3H3,(H,30,31). The average Bonchev–Trinajstić information content (AvgIpc) is 3.18. The third-order valence-corrected chi connectivity index (χ3v) is 6.71. The van der Waals surface area contributed by atoms with Gasteiger partial charge >= 0.3 is 12.1 Å². The van der Waals surface area contributed by atoms with Crippen molar-refractivity contribution in [1.29, 1.82) is 0 Å². The molecule has 2 aromatic rings. The number of hydrogen-bond acceptors (Lipinski definition) is 4. The summed E-state index contributed by atoms with van der Waals surface area (Å²) in [6, 6.07) is 9.98. The first-order valence-electron chi connectivity index (χ1n) is 11.3. The van der Waals surface area contributed by atoms with E-state index >= 15 is 0 Å². The van der Waals surface area contributed by atoms with Crippen LogP contribution in [0.25, 0.3) is 0 Å². The number of unbranched alkanes of at least 4 members (excludes halogenated alkanes) is 1. The molecule has 7 heteroatoms. The van der Waals surface area contributed by atoms with E-state index in [1.165, 1.54) is 4.57 Å². The van der Waals surface area contributed by atoms with Crippen molar-refractivity contribution >= 4 is 23.7 Å². The number of hydrogen-bond donors (Lipinski definition) is 1. The molecule has 3 rings (SSSR count). The maximum absolute atomic E-state index is 12.2. The average molecular weight is 461 g/mol. The molecule has 1 N–H and O–H groups in total. The Morgan fingerprint density at radius 2 is 1.97 bits per heavy atom. The van der Waals surface area contributed by atoms with Crippen LogP contribution in [0.2, 0.25) is 5.02 Å². The molecule has 0 saturated heterocycles. The molecule has 0 amide bonds. The first-order chi connectivity index (χ1) is 15.2. The predicted octanol–water partition coefficient (Wildman–Crippen LogP) is 5.92. The van der Waals surface area contributed by atoms with E-state index in [1.54, 1.807) is 6.20 Å². The number of fused-ring (bicyclic) bond motifs is 1. The van der Waals surface area contributed by atoms with E-state index < -0.39 is 11.5 Å². The molecule has 1 aromatic carbocycles. The highest BCUT2D eigenvalue weighted by atomic mass is 35.5. The monoisotopic (exact) mass is 460 g/mol. The van der Waals surface area contributed by atoms with E-state index in [4.69, 9.17) is 16.3 Å². The van der Waals surface area contributed by atoms with Gasteiger partial charge in [-0.2, -0.15) is 0 Å². The molecule has 0 fully saturated rings. The van der Waals surface area contributed by atoms with Crippen LogP contribution in [0.3, 0.4) is 0 Å². The topological polar surface area (TPSA) is 71.8 Å². The van der Waals surface area contributed by atoms with Gasteiger partial charge in [-0.15, -0.1) is 0 Å². The molecule has 0 aliphatic carbocycles. The van der Waals surface area contributed by atoms with Gasteiger partial charge in [-0.1, -0.05) is 42.6 Å². The normalized spacial score (nSPS) is 15.2. The van der Waals surface area contributed by atoms with E-state index in [2.05, 4.69) is 11.0 Å². The zero-order chi connectivity index (χ0) is 23.3. The fourth-order valence-electron chi connectivity index (χ4n) is 4.54. The molecule has 0 bridgehead atoms. The van der Waals surface area contributed by atoms with E-state index in [-0.39, 0.29) is 12.0 Å². The van der Waals surface area contributed by atoms with Gasteiger partial charge in [-0.25, -0.2) is 4.79 Å². The largest absolute Gasteiger partial charge is 0.466 e. The Kier molecular flexibility index (Phi) is 8.01. The van der Waals surface area contributed by atoms with Gasteiger partial charge in [-0.05, 0) is 56.9 Å². The highest BCUT2D eigenvalue weighted by molar-refractivity contribution is 6.31. The van der Waals surface area contributed by atoms with Gasteiger partial charge < -0.3 is 9.84 Å². The first kappa shape index (κ1) is 24.3. The molecule has 174 valence electrons. The van der Waals surface area contributed by atoms with Crippen molar-refractivity contribution in [2.75, 3.05) is 13.2 Å². The molecular formula is C25H33ClN2O4. The van der Waals surface area contributed by atoms with Gasteiger partial charge in [0.05, 0.1) is 12.0 Å². The lowest BCUT2D eigenvalue weighted by atomic mass is 9.86. The molecule has 1 unspecified atom stereocenters. The second kappa shape index (κ2) is 10.5. The highest BCUT2D eigenvalue weighted by Crippen LogP contribution is 2.36. The predicted molar refractivity (Wildman–Crippen MR) is 125 cm³/mol. The van der Waals surface area contributed by atoms with Crippen molar-refractivity contribution in [3.05, 3.63) is 58.4 Å². The maximum Gasteiger partial charge on any atom is 0.415 e. The van der Waals surface area contributed by atoms with Crippen LogP contribution < -0.4 is 0 Å². The fourth-order valence-corrected chi connectivity index (χ4v) is 4.80. The van der Waals surface area contributed by atoms with Crippen molar-refractivity contribution in [1.82, 2.24) is 9.47 Å². The number of carboxylic acid groups (broad SMARTS) is 1. The van der Waals surface area contributed by atoms with Crippen LogP contribution in [0.4, 0.5) is 4.79 Å². The summed E-state index contributed by atoms with van der Waals surface area (Å²) >= 11 is 6.58. The molecule has 1 aliphatic heterocycles. The van der Waals surface area contributed by atoms with Gasteiger partial charge in [0.2, 0.25) is 0 Å². The molecule has 2 heterocycles. The smallest absolute Gasteiger partial charge is 0.415 e. The second-order valence-electron chi connectivity index (χ2n) is 9.05. The third kappa shape index (κ3) is 5.54. The summed E-state index contributed by atoms with van der Waals surface area (Å²) in [5.41, 5.74) is 2.54. The van der Waals surface area contributed by atoms with Gasteiger partial charge in [0.1, 0.15) is 0 Å². The minimum Gasteiger partial charge on any atom is -0.466 e. The molecule has 32 heavy (non-hydrogen) atoms. The van der Waals surface area contributed by atoms with E-state index in [0.29, 0.717) is 19.6 Å². The Hall–Kier alpha value is -2.31. The summed E-state index contributed by atoms with van der Waals surface area (Å²) in [5, 5.41) is 10.1. The molecular weight excluding hydrogens is 428 g/mol. The van der Waals surface area contributed by atoms with Crippen LogP contribution in [0.1, 0.15) is 69.3 Å². The van der Waals surface area contributed by atoms with Gasteiger partial charge in [0.15, 0.2) is 0 Å². The van der Waals surface area contributed by atoms with E-state index in [0.717, 1.165) is 54.1 Å². The number of nitrogens with zero attached hydrogens (tertiary/aromatic N) is 2. The third-order valence-electron chi connectivity index (χ3n) is 6.36. The fraction of sp³-hybridized carbons (Fsp3) is 0.520. The number of carbonyl (C=O) groups is 2. The van der Waals surface area contributed by atoms with Crippen LogP contribution in [-0.4, -0.2) is 39.8 Å². The number of rotatable bonds is 9. The van der Waals surface area contributed by atoms with Crippen LogP contribution >= 0.6 is 11.6 Å². The Balaban J connectivity index is 1.71. The lowest BCUT2D eigenvalue weighted by molar-refractivity contribution is -0.153. The Bertz CT molecular complexity index is 953. The second-order valence-corrected chi connectivity index (χ2v) is 9.46. The number of ether oxygens (including phenoxy) is 1. The quantitative estimate of drug-likeness (QED) is 0.371. The first-order valence-corrected chi connectivity index (χ1v) is 11.7. The molecule has 1 atom stereocenters. The Morgan fingerprint density at radius 3 is 2.66 bits per heavy atom. The van der Waals surface area contributed by atoms with E-state index in [9.17, 15) is 14.7 Å². The number of carbonyl (C=O) groups excluding carboxylic acids is 1. The summed E-state index contributed by atoms with van der Waals surface area (Å²) < 4.78 is 6.54. The van der Waals surface area contributed by atoms with Crippen LogP contribution in [-0.2, 0) is 22.5 Å². The Labute approximate surface area is 195 Å². The van der Waals surface area contributed by atoms with Crippen LogP contribution in [0.5, 0.6) is 0 Å². The summed E-state index contributed by atoms with van der Waals surface area (Å²) in [7, 11) is 0. The number of benzene rings is 1. The molecule has 0 radical (unpaired) electrons. The van der Waals surface area contributed by atoms with Crippen molar-refractivity contribution in [2.45, 2.75) is 65.5 Å². The van der Waals surface area contributed by atoms with Crippen molar-refractivity contribution in [2.24, 2.45) is 5.41 Å². The molecule has 0 saturated carbocycles. The summed E-state index contributed by atoms with van der Waals surface area (Å²) in [5.74, 6) is -0.144. The van der Waals surface area contributed by atoms with Crippen LogP contribution in [0, 0.1) is 5.41 Å². The highest BCUT2D eigenvalue weighted by Gasteiger charge is 2.30. The van der Waals surface area contributed by atoms with Crippen molar-refractivity contribution in [3.8, 4) is 0 Å². The van der Waals surface area contributed by atoms with Crippen molar-refractivity contribution < 1.29 is 19.4 Å².